The molecule has 0 saturated carbocycles. The predicted octanol–water partition coefficient (Wildman–Crippen LogP) is 3.75. The zero-order valence-electron chi connectivity index (χ0n) is 11.2. The minimum atomic E-state index is -0.631. The van der Waals surface area contributed by atoms with Crippen molar-refractivity contribution in [3.8, 4) is 0 Å². The lowest BCUT2D eigenvalue weighted by molar-refractivity contribution is 0.0996. The molecule has 0 saturated heterocycles. The Bertz CT molecular complexity index is 640. The lowest BCUT2D eigenvalue weighted by Gasteiger charge is -2.12. The van der Waals surface area contributed by atoms with E-state index >= 15 is 0 Å². The second kappa shape index (κ2) is 6.81. The van der Waals surface area contributed by atoms with E-state index in [9.17, 15) is 9.59 Å². The first-order valence-electron chi connectivity index (χ1n) is 6.18. The number of carbonyl (C=O) groups is 2. The van der Waals surface area contributed by atoms with Gasteiger partial charge in [-0.2, -0.15) is 0 Å². The number of nitrogens with one attached hydrogen (secondary N) is 2. The van der Waals surface area contributed by atoms with Crippen molar-refractivity contribution in [3.63, 3.8) is 0 Å². The van der Waals surface area contributed by atoms with Crippen LogP contribution in [0.2, 0.25) is 5.02 Å². The Morgan fingerprint density at radius 1 is 1.24 bits per heavy atom. The van der Waals surface area contributed by atoms with E-state index < -0.39 is 12.0 Å². The topological polar surface area (TPSA) is 80.6 Å². The van der Waals surface area contributed by atoms with E-state index in [1.807, 2.05) is 0 Å². The SMILES string of the molecule is CCOC(=O)Nc1cc(Cl)ccc1NC(=O)c1ccco1. The Hall–Kier alpha value is -2.47. The summed E-state index contributed by atoms with van der Waals surface area (Å²) in [5.74, 6) is -0.277. The third-order valence-electron chi connectivity index (χ3n) is 2.49. The minimum absolute atomic E-state index is 0.159. The Labute approximate surface area is 126 Å². The number of anilines is 2. The molecule has 0 aliphatic rings. The molecular formula is C14H13ClN2O4. The molecule has 0 unspecified atom stereocenters. The number of hydrogen-bond donors (Lipinski definition) is 2. The number of hydrogen-bond acceptors (Lipinski definition) is 4. The van der Waals surface area contributed by atoms with Crippen molar-refractivity contribution in [1.82, 2.24) is 0 Å². The van der Waals surface area contributed by atoms with E-state index in [0.717, 1.165) is 0 Å². The van der Waals surface area contributed by atoms with Gasteiger partial charge in [-0.3, -0.25) is 10.1 Å². The monoisotopic (exact) mass is 308 g/mol. The molecule has 0 radical (unpaired) electrons. The fourth-order valence-electron chi connectivity index (χ4n) is 1.60. The van der Waals surface area contributed by atoms with Crippen LogP contribution in [0, 0.1) is 0 Å². The molecule has 1 aromatic heterocycles. The molecular weight excluding hydrogens is 296 g/mol. The zero-order valence-corrected chi connectivity index (χ0v) is 11.9. The van der Waals surface area contributed by atoms with Gasteiger partial charge in [-0.1, -0.05) is 11.6 Å². The first-order valence-corrected chi connectivity index (χ1v) is 6.56. The molecule has 2 aromatic rings. The maximum Gasteiger partial charge on any atom is 0.411 e. The van der Waals surface area contributed by atoms with Crippen LogP contribution in [0.15, 0.2) is 41.0 Å². The molecule has 21 heavy (non-hydrogen) atoms. The summed E-state index contributed by atoms with van der Waals surface area (Å²) in [6.07, 6.45) is 0.766. The van der Waals surface area contributed by atoms with Gasteiger partial charge in [0.2, 0.25) is 0 Å². The van der Waals surface area contributed by atoms with Gasteiger partial charge in [-0.05, 0) is 37.3 Å². The van der Waals surface area contributed by atoms with E-state index in [4.69, 9.17) is 20.8 Å². The average Bonchev–Trinajstić information content (AvgIpc) is 2.96. The third-order valence-corrected chi connectivity index (χ3v) is 2.72. The molecule has 6 nitrogen and oxygen atoms in total. The van der Waals surface area contributed by atoms with Crippen LogP contribution < -0.4 is 10.6 Å². The summed E-state index contributed by atoms with van der Waals surface area (Å²) in [6, 6.07) is 7.81. The molecule has 0 spiro atoms. The highest BCUT2D eigenvalue weighted by molar-refractivity contribution is 6.31. The van der Waals surface area contributed by atoms with Gasteiger partial charge in [0.05, 0.1) is 24.2 Å². The summed E-state index contributed by atoms with van der Waals surface area (Å²) in [7, 11) is 0. The van der Waals surface area contributed by atoms with Crippen LogP contribution in [0.25, 0.3) is 0 Å². The Morgan fingerprint density at radius 3 is 2.71 bits per heavy atom. The summed E-state index contributed by atoms with van der Waals surface area (Å²) in [4.78, 5) is 23.4. The van der Waals surface area contributed by atoms with Gasteiger partial charge < -0.3 is 14.5 Å². The summed E-state index contributed by atoms with van der Waals surface area (Å²) < 4.78 is 9.79. The van der Waals surface area contributed by atoms with Crippen LogP contribution in [0.3, 0.4) is 0 Å². The molecule has 1 aromatic carbocycles. The molecule has 0 aliphatic heterocycles. The number of ether oxygens (including phenoxy) is 1. The highest BCUT2D eigenvalue weighted by Crippen LogP contribution is 2.26. The molecule has 2 amide bonds. The van der Waals surface area contributed by atoms with Crippen molar-refractivity contribution in [1.29, 1.82) is 0 Å². The Balaban J connectivity index is 2.18. The molecule has 2 N–H and O–H groups in total. The molecule has 0 bridgehead atoms. The fraction of sp³-hybridized carbons (Fsp3) is 0.143. The van der Waals surface area contributed by atoms with E-state index in [-0.39, 0.29) is 12.4 Å². The Kier molecular flexibility index (Phi) is 4.84. The summed E-state index contributed by atoms with van der Waals surface area (Å²) >= 11 is 5.89. The second-order valence-electron chi connectivity index (χ2n) is 3.97. The molecule has 0 atom stereocenters. The lowest BCUT2D eigenvalue weighted by Crippen LogP contribution is -2.17. The van der Waals surface area contributed by atoms with Gasteiger partial charge in [-0.25, -0.2) is 4.79 Å². The van der Waals surface area contributed by atoms with Crippen LogP contribution in [0.1, 0.15) is 17.5 Å². The van der Waals surface area contributed by atoms with Crippen molar-refractivity contribution >= 4 is 35.0 Å². The number of carbonyl (C=O) groups excluding carboxylic acids is 2. The number of benzene rings is 1. The first kappa shape index (κ1) is 14.9. The van der Waals surface area contributed by atoms with E-state index in [1.54, 1.807) is 25.1 Å². The summed E-state index contributed by atoms with van der Waals surface area (Å²) in [5, 5.41) is 5.55. The van der Waals surface area contributed by atoms with Crippen molar-refractivity contribution in [2.75, 3.05) is 17.2 Å². The highest BCUT2D eigenvalue weighted by Gasteiger charge is 2.13. The fourth-order valence-corrected chi connectivity index (χ4v) is 1.77. The molecule has 110 valence electrons. The summed E-state index contributed by atoms with van der Waals surface area (Å²) in [5.41, 5.74) is 0.717. The third kappa shape index (κ3) is 4.00. The molecule has 7 heteroatoms. The van der Waals surface area contributed by atoms with Crippen molar-refractivity contribution in [3.05, 3.63) is 47.4 Å². The number of halogens is 1. The van der Waals surface area contributed by atoms with Gasteiger partial charge in [-0.15, -0.1) is 0 Å². The maximum absolute atomic E-state index is 11.9. The van der Waals surface area contributed by atoms with Crippen molar-refractivity contribution in [2.24, 2.45) is 0 Å². The minimum Gasteiger partial charge on any atom is -0.459 e. The number of amides is 2. The van der Waals surface area contributed by atoms with Crippen LogP contribution in [0.4, 0.5) is 16.2 Å². The first-order chi connectivity index (χ1) is 10.1. The number of rotatable bonds is 4. The molecule has 1 heterocycles. The van der Waals surface area contributed by atoms with Crippen LogP contribution >= 0.6 is 11.6 Å². The van der Waals surface area contributed by atoms with Crippen LogP contribution in [-0.2, 0) is 4.74 Å². The largest absolute Gasteiger partial charge is 0.459 e. The normalized spacial score (nSPS) is 10.0. The van der Waals surface area contributed by atoms with E-state index in [0.29, 0.717) is 16.4 Å². The average molecular weight is 309 g/mol. The quantitative estimate of drug-likeness (QED) is 0.901. The van der Waals surface area contributed by atoms with E-state index in [1.165, 1.54) is 18.4 Å². The molecule has 0 aliphatic carbocycles. The van der Waals surface area contributed by atoms with Crippen molar-refractivity contribution in [2.45, 2.75) is 6.92 Å². The van der Waals surface area contributed by atoms with Gasteiger partial charge in [0.25, 0.3) is 5.91 Å². The van der Waals surface area contributed by atoms with Crippen LogP contribution in [0.5, 0.6) is 0 Å². The van der Waals surface area contributed by atoms with Gasteiger partial charge >= 0.3 is 6.09 Å². The van der Waals surface area contributed by atoms with Crippen LogP contribution in [-0.4, -0.2) is 18.6 Å². The van der Waals surface area contributed by atoms with Gasteiger partial charge in [0, 0.05) is 5.02 Å². The molecule has 0 fully saturated rings. The second-order valence-corrected chi connectivity index (χ2v) is 4.40. The highest BCUT2D eigenvalue weighted by atomic mass is 35.5. The smallest absolute Gasteiger partial charge is 0.411 e. The van der Waals surface area contributed by atoms with Gasteiger partial charge in [0.15, 0.2) is 5.76 Å². The molecule has 2 rings (SSSR count). The lowest BCUT2D eigenvalue weighted by atomic mass is 10.2. The van der Waals surface area contributed by atoms with Gasteiger partial charge in [0.1, 0.15) is 0 Å². The number of furan rings is 1. The standard InChI is InChI=1S/C14H13ClN2O4/c1-2-20-14(19)17-11-8-9(15)5-6-10(11)16-13(18)12-4-3-7-21-12/h3-8H,2H2,1H3,(H,16,18)(H,17,19). The predicted molar refractivity (Wildman–Crippen MR) is 78.8 cm³/mol. The Morgan fingerprint density at radius 2 is 2.05 bits per heavy atom. The van der Waals surface area contributed by atoms with E-state index in [2.05, 4.69) is 10.6 Å². The maximum atomic E-state index is 11.9. The zero-order chi connectivity index (χ0) is 15.2. The van der Waals surface area contributed by atoms with Crippen molar-refractivity contribution < 1.29 is 18.7 Å². The summed E-state index contributed by atoms with van der Waals surface area (Å²) in [6.45, 7) is 1.93.